The van der Waals surface area contributed by atoms with Crippen molar-refractivity contribution in [2.75, 3.05) is 0 Å². The fourth-order valence-electron chi connectivity index (χ4n) is 1.21. The minimum absolute atomic E-state index is 0.108. The summed E-state index contributed by atoms with van der Waals surface area (Å²) >= 11 is 2.93. The van der Waals surface area contributed by atoms with Gasteiger partial charge in [-0.2, -0.15) is 13.2 Å². The molecule has 15 heavy (non-hydrogen) atoms. The Kier molecular flexibility index (Phi) is 3.35. The Labute approximate surface area is 96.6 Å². The van der Waals surface area contributed by atoms with E-state index in [1.165, 1.54) is 12.1 Å². The molecule has 0 saturated heterocycles. The van der Waals surface area contributed by atoms with Crippen LogP contribution in [0.4, 0.5) is 13.2 Å². The number of benzene rings is 1. The van der Waals surface area contributed by atoms with Crippen LogP contribution in [0.3, 0.4) is 0 Å². The summed E-state index contributed by atoms with van der Waals surface area (Å²) in [7, 11) is -1.69. The van der Waals surface area contributed by atoms with Gasteiger partial charge in [0.2, 0.25) is 0 Å². The molecule has 0 N–H and O–H groups in total. The van der Waals surface area contributed by atoms with Gasteiger partial charge in [0, 0.05) is 4.47 Å². The molecule has 1 rings (SSSR count). The minimum Gasteiger partial charge on any atom is -0.166 e. The molecule has 0 saturated carbocycles. The third kappa shape index (κ3) is 3.08. The molecule has 84 valence electrons. The van der Waals surface area contributed by atoms with Crippen molar-refractivity contribution in [2.24, 2.45) is 0 Å². The van der Waals surface area contributed by atoms with Crippen LogP contribution in [-0.4, -0.2) is 8.07 Å². The van der Waals surface area contributed by atoms with Crippen LogP contribution in [-0.2, 0) is 6.18 Å². The Morgan fingerprint density at radius 2 is 1.67 bits per heavy atom. The summed E-state index contributed by atoms with van der Waals surface area (Å²) in [6.07, 6.45) is -4.28. The van der Waals surface area contributed by atoms with E-state index in [4.69, 9.17) is 0 Å². The van der Waals surface area contributed by atoms with Crippen molar-refractivity contribution in [1.82, 2.24) is 0 Å². The number of halogens is 4. The van der Waals surface area contributed by atoms with Crippen LogP contribution < -0.4 is 5.19 Å². The summed E-state index contributed by atoms with van der Waals surface area (Å²) < 4.78 is 37.9. The third-order valence-electron chi connectivity index (χ3n) is 2.14. The maximum Gasteiger partial charge on any atom is 0.417 e. The lowest BCUT2D eigenvalue weighted by Crippen LogP contribution is -2.38. The second-order valence-corrected chi connectivity index (χ2v) is 10.4. The zero-order valence-electron chi connectivity index (χ0n) is 8.74. The lowest BCUT2D eigenvalue weighted by atomic mass is 10.2. The molecule has 5 heteroatoms. The van der Waals surface area contributed by atoms with Crippen LogP contribution in [0.5, 0.6) is 0 Å². The first-order valence-electron chi connectivity index (χ1n) is 4.49. The molecule has 0 aliphatic heterocycles. The van der Waals surface area contributed by atoms with Gasteiger partial charge in [-0.25, -0.2) is 0 Å². The van der Waals surface area contributed by atoms with Gasteiger partial charge in [-0.15, -0.1) is 0 Å². The van der Waals surface area contributed by atoms with E-state index in [1.54, 1.807) is 6.07 Å². The molecule has 0 aliphatic carbocycles. The second kappa shape index (κ2) is 3.94. The average Bonchev–Trinajstić information content (AvgIpc) is 2.00. The Morgan fingerprint density at radius 3 is 2.07 bits per heavy atom. The number of hydrogen-bond donors (Lipinski definition) is 0. The van der Waals surface area contributed by atoms with Gasteiger partial charge in [-0.1, -0.05) is 46.8 Å². The van der Waals surface area contributed by atoms with Crippen molar-refractivity contribution < 1.29 is 13.2 Å². The van der Waals surface area contributed by atoms with Crippen molar-refractivity contribution in [3.8, 4) is 0 Å². The van der Waals surface area contributed by atoms with E-state index >= 15 is 0 Å². The smallest absolute Gasteiger partial charge is 0.166 e. The molecule has 0 radical (unpaired) electrons. The first kappa shape index (κ1) is 12.8. The minimum atomic E-state index is -4.28. The molecule has 0 bridgehead atoms. The molecule has 1 aromatic rings. The summed E-state index contributed by atoms with van der Waals surface area (Å²) in [5, 5.41) is 0.818. The third-order valence-corrected chi connectivity index (χ3v) is 4.87. The first-order chi connectivity index (χ1) is 6.62. The summed E-state index contributed by atoms with van der Waals surface area (Å²) in [5.74, 6) is 0. The topological polar surface area (TPSA) is 0 Å². The lowest BCUT2D eigenvalue weighted by Gasteiger charge is -2.19. The monoisotopic (exact) mass is 296 g/mol. The largest absolute Gasteiger partial charge is 0.417 e. The molecule has 0 aliphatic rings. The fraction of sp³-hybridized carbons (Fsp3) is 0.400. The molecule has 0 unspecified atom stereocenters. The van der Waals surface area contributed by atoms with E-state index in [1.807, 2.05) is 19.6 Å². The quantitative estimate of drug-likeness (QED) is 0.687. The van der Waals surface area contributed by atoms with Crippen LogP contribution in [0.1, 0.15) is 5.56 Å². The van der Waals surface area contributed by atoms with E-state index in [0.29, 0.717) is 0 Å². The van der Waals surface area contributed by atoms with Crippen LogP contribution >= 0.6 is 15.9 Å². The standard InChI is InChI=1S/C10H12BrF3Si/c1-15(2,3)7-4-5-9(11)8(6-7)10(12,13)14/h4-6H,1-3H3. The predicted octanol–water partition coefficient (Wildman–Crippen LogP) is 4.01. The molecule has 0 spiro atoms. The average molecular weight is 297 g/mol. The molecular weight excluding hydrogens is 285 g/mol. The Morgan fingerprint density at radius 1 is 1.13 bits per heavy atom. The fourth-order valence-corrected chi connectivity index (χ4v) is 2.84. The molecular formula is C10H12BrF3Si. The predicted molar refractivity (Wildman–Crippen MR) is 62.1 cm³/mol. The van der Waals surface area contributed by atoms with Crippen molar-refractivity contribution in [3.63, 3.8) is 0 Å². The molecule has 1 aromatic carbocycles. The van der Waals surface area contributed by atoms with Crippen molar-refractivity contribution >= 4 is 29.2 Å². The van der Waals surface area contributed by atoms with E-state index in [9.17, 15) is 13.2 Å². The first-order valence-corrected chi connectivity index (χ1v) is 8.79. The maximum atomic E-state index is 12.6. The van der Waals surface area contributed by atoms with Gasteiger partial charge in [0.15, 0.2) is 0 Å². The molecule has 0 heterocycles. The maximum absolute atomic E-state index is 12.6. The normalized spacial score (nSPS) is 13.0. The molecule has 0 aromatic heterocycles. The second-order valence-electron chi connectivity index (χ2n) is 4.44. The zero-order valence-corrected chi connectivity index (χ0v) is 11.3. The van der Waals surface area contributed by atoms with E-state index < -0.39 is 19.8 Å². The van der Waals surface area contributed by atoms with Crippen molar-refractivity contribution in [1.29, 1.82) is 0 Å². The molecule has 0 nitrogen and oxygen atoms in total. The highest BCUT2D eigenvalue weighted by Crippen LogP contribution is 2.34. The number of hydrogen-bond acceptors (Lipinski definition) is 0. The van der Waals surface area contributed by atoms with Gasteiger partial charge in [-0.05, 0) is 12.1 Å². The SMILES string of the molecule is C[Si](C)(C)c1ccc(Br)c(C(F)(F)F)c1. The number of rotatable bonds is 1. The Balaban J connectivity index is 3.30. The summed E-state index contributed by atoms with van der Waals surface area (Å²) in [6, 6.07) is 4.51. The van der Waals surface area contributed by atoms with Gasteiger partial charge >= 0.3 is 6.18 Å². The van der Waals surface area contributed by atoms with E-state index in [2.05, 4.69) is 15.9 Å². The van der Waals surface area contributed by atoms with Crippen molar-refractivity contribution in [2.45, 2.75) is 25.8 Å². The molecule has 0 amide bonds. The summed E-state index contributed by atoms with van der Waals surface area (Å²) in [5.41, 5.74) is -0.581. The zero-order chi connectivity index (χ0) is 11.9. The van der Waals surface area contributed by atoms with Gasteiger partial charge in [0.05, 0.1) is 13.6 Å². The lowest BCUT2D eigenvalue weighted by molar-refractivity contribution is -0.138. The van der Waals surface area contributed by atoms with E-state index in [0.717, 1.165) is 5.19 Å². The highest BCUT2D eigenvalue weighted by molar-refractivity contribution is 9.10. The van der Waals surface area contributed by atoms with E-state index in [-0.39, 0.29) is 4.47 Å². The van der Waals surface area contributed by atoms with Crippen molar-refractivity contribution in [3.05, 3.63) is 28.2 Å². The molecule has 0 fully saturated rings. The van der Waals surface area contributed by atoms with Crippen LogP contribution in [0, 0.1) is 0 Å². The number of alkyl halides is 3. The van der Waals surface area contributed by atoms with Gasteiger partial charge in [0.25, 0.3) is 0 Å². The molecule has 0 atom stereocenters. The Hall–Kier alpha value is -0.293. The van der Waals surface area contributed by atoms with Gasteiger partial charge in [0.1, 0.15) is 0 Å². The van der Waals surface area contributed by atoms with Gasteiger partial charge in [-0.3, -0.25) is 0 Å². The summed E-state index contributed by atoms with van der Waals surface area (Å²) in [6.45, 7) is 6.07. The summed E-state index contributed by atoms with van der Waals surface area (Å²) in [4.78, 5) is 0. The Bertz CT molecular complexity index is 366. The van der Waals surface area contributed by atoms with Crippen LogP contribution in [0.25, 0.3) is 0 Å². The van der Waals surface area contributed by atoms with Gasteiger partial charge < -0.3 is 0 Å². The highest BCUT2D eigenvalue weighted by atomic mass is 79.9. The van der Waals surface area contributed by atoms with Crippen LogP contribution in [0.15, 0.2) is 22.7 Å². The van der Waals surface area contributed by atoms with Crippen LogP contribution in [0.2, 0.25) is 19.6 Å². The highest BCUT2D eigenvalue weighted by Gasteiger charge is 2.34.